The highest BCUT2D eigenvalue weighted by atomic mass is 14.9. The average Bonchev–Trinajstić information content (AvgIpc) is 2.81. The van der Waals surface area contributed by atoms with Crippen molar-refractivity contribution < 1.29 is 0 Å². The molecule has 1 heterocycles. The lowest BCUT2D eigenvalue weighted by Gasteiger charge is -2.03. The number of benzene rings is 1. The molecule has 0 spiro atoms. The van der Waals surface area contributed by atoms with E-state index in [2.05, 4.69) is 16.0 Å². The fourth-order valence-corrected chi connectivity index (χ4v) is 1.61. The van der Waals surface area contributed by atoms with E-state index in [-0.39, 0.29) is 5.92 Å². The van der Waals surface area contributed by atoms with E-state index in [1.807, 2.05) is 31.2 Å². The molecule has 0 saturated heterocycles. The van der Waals surface area contributed by atoms with E-state index in [9.17, 15) is 0 Å². The number of imidazole rings is 1. The number of H-pyrrole nitrogens is 1. The number of hydrogen-bond donors (Lipinski definition) is 2. The minimum absolute atomic E-state index is 0.0810. The van der Waals surface area contributed by atoms with Crippen molar-refractivity contribution >= 4 is 6.21 Å². The number of nitrogens with zero attached hydrogens (tertiary/aromatic N) is 1. The van der Waals surface area contributed by atoms with Crippen LogP contribution < -0.4 is 0 Å². The van der Waals surface area contributed by atoms with Crippen LogP contribution in [0.4, 0.5) is 0 Å². The van der Waals surface area contributed by atoms with Gasteiger partial charge in [0.05, 0.1) is 17.8 Å². The summed E-state index contributed by atoms with van der Waals surface area (Å²) in [7, 11) is 0. The maximum atomic E-state index is 7.32. The first-order valence-corrected chi connectivity index (χ1v) is 5.37. The van der Waals surface area contributed by atoms with Gasteiger partial charge < -0.3 is 10.4 Å². The van der Waals surface area contributed by atoms with Crippen LogP contribution in [-0.2, 0) is 0 Å². The number of aromatic nitrogens is 2. The van der Waals surface area contributed by atoms with Crippen LogP contribution in [0.1, 0.15) is 25.1 Å². The van der Waals surface area contributed by atoms with Crippen molar-refractivity contribution in [1.29, 1.82) is 5.41 Å². The zero-order valence-electron chi connectivity index (χ0n) is 9.20. The third-order valence-electron chi connectivity index (χ3n) is 2.59. The molecule has 0 saturated carbocycles. The van der Waals surface area contributed by atoms with Crippen LogP contribution >= 0.6 is 0 Å². The Bertz CT molecular complexity index is 459. The zero-order valence-corrected chi connectivity index (χ0v) is 9.20. The highest BCUT2D eigenvalue weighted by molar-refractivity contribution is 5.64. The van der Waals surface area contributed by atoms with Gasteiger partial charge in [-0.1, -0.05) is 31.2 Å². The summed E-state index contributed by atoms with van der Waals surface area (Å²) in [6.45, 7) is 2.05. The quantitative estimate of drug-likeness (QED) is 0.752. The van der Waals surface area contributed by atoms with E-state index in [4.69, 9.17) is 5.41 Å². The van der Waals surface area contributed by atoms with E-state index in [0.717, 1.165) is 23.5 Å². The zero-order chi connectivity index (χ0) is 11.4. The lowest BCUT2D eigenvalue weighted by molar-refractivity contribution is 0.798. The minimum atomic E-state index is 0.0810. The van der Waals surface area contributed by atoms with Crippen molar-refractivity contribution in [3.8, 4) is 11.3 Å². The van der Waals surface area contributed by atoms with Crippen molar-refractivity contribution in [2.45, 2.75) is 19.3 Å². The van der Waals surface area contributed by atoms with E-state index >= 15 is 0 Å². The Labute approximate surface area is 95.1 Å². The molecule has 1 aromatic heterocycles. The maximum absolute atomic E-state index is 7.32. The molecule has 0 aliphatic heterocycles. The molecule has 1 radical (unpaired) electrons. The largest absolute Gasteiger partial charge is 0.341 e. The van der Waals surface area contributed by atoms with Gasteiger partial charge in [-0.05, 0) is 12.5 Å². The second-order valence-corrected chi connectivity index (χ2v) is 3.64. The molecule has 2 N–H and O–H groups in total. The number of hydrogen-bond acceptors (Lipinski definition) is 2. The van der Waals surface area contributed by atoms with Crippen LogP contribution in [0.5, 0.6) is 0 Å². The number of aromatic amines is 1. The lowest BCUT2D eigenvalue weighted by atomic mass is 10.1. The second kappa shape index (κ2) is 4.75. The van der Waals surface area contributed by atoms with Gasteiger partial charge in [-0.3, -0.25) is 0 Å². The van der Waals surface area contributed by atoms with Crippen molar-refractivity contribution in [3.05, 3.63) is 42.4 Å². The highest BCUT2D eigenvalue weighted by Crippen LogP contribution is 2.20. The van der Waals surface area contributed by atoms with Crippen molar-refractivity contribution in [2.24, 2.45) is 0 Å². The molecule has 3 heteroatoms. The van der Waals surface area contributed by atoms with Gasteiger partial charge in [0.15, 0.2) is 0 Å². The molecule has 0 fully saturated rings. The monoisotopic (exact) mass is 212 g/mol. The molecule has 16 heavy (non-hydrogen) atoms. The summed E-state index contributed by atoms with van der Waals surface area (Å²) in [6, 6.07) is 10.9. The summed E-state index contributed by atoms with van der Waals surface area (Å²) >= 11 is 0. The Morgan fingerprint density at radius 1 is 1.56 bits per heavy atom. The third-order valence-corrected chi connectivity index (χ3v) is 2.59. The van der Waals surface area contributed by atoms with Gasteiger partial charge in [0.2, 0.25) is 0 Å². The molecule has 0 amide bonds. The predicted octanol–water partition coefficient (Wildman–Crippen LogP) is 3.02. The number of nitrogens with one attached hydrogen (secondary N) is 2. The summed E-state index contributed by atoms with van der Waals surface area (Å²) in [5.41, 5.74) is 1.96. The highest BCUT2D eigenvalue weighted by Gasteiger charge is 2.10. The van der Waals surface area contributed by atoms with E-state index in [1.54, 1.807) is 6.20 Å². The number of rotatable bonds is 4. The van der Waals surface area contributed by atoms with Gasteiger partial charge in [0.1, 0.15) is 5.82 Å². The molecule has 3 nitrogen and oxygen atoms in total. The van der Waals surface area contributed by atoms with Crippen LogP contribution in [0, 0.1) is 11.5 Å². The Kier molecular flexibility index (Phi) is 3.15. The van der Waals surface area contributed by atoms with Gasteiger partial charge in [-0.15, -0.1) is 0 Å². The summed E-state index contributed by atoms with van der Waals surface area (Å²) in [5, 5.41) is 7.32. The summed E-state index contributed by atoms with van der Waals surface area (Å²) in [4.78, 5) is 7.55. The molecule has 1 aromatic carbocycles. The Balaban J connectivity index is 2.29. The topological polar surface area (TPSA) is 52.5 Å². The molecular formula is C13H14N3. The second-order valence-electron chi connectivity index (χ2n) is 3.64. The summed E-state index contributed by atoms with van der Waals surface area (Å²) < 4.78 is 0. The van der Waals surface area contributed by atoms with E-state index < -0.39 is 0 Å². The molecule has 0 bridgehead atoms. The van der Waals surface area contributed by atoms with Crippen molar-refractivity contribution in [3.63, 3.8) is 0 Å². The van der Waals surface area contributed by atoms with Gasteiger partial charge in [-0.25, -0.2) is 4.98 Å². The molecule has 0 unspecified atom stereocenters. The van der Waals surface area contributed by atoms with Gasteiger partial charge in [-0.2, -0.15) is 0 Å². The fraction of sp³-hybridized carbons (Fsp3) is 0.231. The molecule has 2 rings (SSSR count). The Morgan fingerprint density at radius 3 is 3.06 bits per heavy atom. The smallest absolute Gasteiger partial charge is 0.114 e. The fourth-order valence-electron chi connectivity index (χ4n) is 1.61. The molecule has 81 valence electrons. The van der Waals surface area contributed by atoms with Gasteiger partial charge in [0, 0.05) is 11.8 Å². The van der Waals surface area contributed by atoms with Crippen LogP contribution in [0.2, 0.25) is 0 Å². The molecule has 1 atom stereocenters. The van der Waals surface area contributed by atoms with Crippen LogP contribution in [0.25, 0.3) is 11.3 Å². The lowest BCUT2D eigenvalue weighted by Crippen LogP contribution is -2.00. The van der Waals surface area contributed by atoms with Crippen LogP contribution in [0.3, 0.4) is 0 Å². The summed E-state index contributed by atoms with van der Waals surface area (Å²) in [5.74, 6) is 0.933. The minimum Gasteiger partial charge on any atom is -0.341 e. The predicted molar refractivity (Wildman–Crippen MR) is 64.7 cm³/mol. The molecule has 0 aliphatic carbocycles. The van der Waals surface area contributed by atoms with Crippen LogP contribution in [0.15, 0.2) is 30.5 Å². The SMILES string of the molecule is CC[C@@H](C=N)c1ncc(-c2[c]cccc2)[nH]1. The standard InChI is InChI=1S/C13H14N3/c1-2-10(8-14)13-15-9-12(16-13)11-6-4-3-5-7-11/h3-6,8-10,14H,2H2,1H3,(H,15,16)/t10-/m0/s1. The molecule has 2 aromatic rings. The Morgan fingerprint density at radius 2 is 2.44 bits per heavy atom. The van der Waals surface area contributed by atoms with Crippen LogP contribution in [-0.4, -0.2) is 16.2 Å². The first kappa shape index (κ1) is 10.6. The van der Waals surface area contributed by atoms with Crippen molar-refractivity contribution in [1.82, 2.24) is 9.97 Å². The normalized spacial score (nSPS) is 12.3. The average molecular weight is 212 g/mol. The van der Waals surface area contributed by atoms with Gasteiger partial charge in [0.25, 0.3) is 0 Å². The van der Waals surface area contributed by atoms with Gasteiger partial charge >= 0.3 is 0 Å². The van der Waals surface area contributed by atoms with E-state index in [0.29, 0.717) is 0 Å². The first-order valence-electron chi connectivity index (χ1n) is 5.37. The summed E-state index contributed by atoms with van der Waals surface area (Å²) in [6.07, 6.45) is 4.11. The third kappa shape index (κ3) is 2.03. The van der Waals surface area contributed by atoms with E-state index in [1.165, 1.54) is 6.21 Å². The molecular weight excluding hydrogens is 198 g/mol. The maximum Gasteiger partial charge on any atom is 0.114 e. The Hall–Kier alpha value is -1.90. The van der Waals surface area contributed by atoms with Crippen molar-refractivity contribution in [2.75, 3.05) is 0 Å². The first-order chi connectivity index (χ1) is 7.85. The molecule has 0 aliphatic rings.